The molecule has 0 radical (unpaired) electrons. The summed E-state index contributed by atoms with van der Waals surface area (Å²) < 4.78 is 5.18. The van der Waals surface area contributed by atoms with Crippen LogP contribution in [0.25, 0.3) is 0 Å². The van der Waals surface area contributed by atoms with Crippen molar-refractivity contribution in [2.24, 2.45) is 5.92 Å². The number of hydrogen-bond acceptors (Lipinski definition) is 3. The third-order valence-corrected chi connectivity index (χ3v) is 3.60. The summed E-state index contributed by atoms with van der Waals surface area (Å²) in [4.78, 5) is 23.6. The molecular formula is C16H21NO3. The third kappa shape index (κ3) is 4.37. The topological polar surface area (TPSA) is 55.4 Å². The lowest BCUT2D eigenvalue weighted by Gasteiger charge is -2.20. The van der Waals surface area contributed by atoms with Gasteiger partial charge in [-0.3, -0.25) is 4.79 Å². The number of rotatable bonds is 4. The van der Waals surface area contributed by atoms with Gasteiger partial charge in [0.05, 0.1) is 0 Å². The summed E-state index contributed by atoms with van der Waals surface area (Å²) in [6.45, 7) is 1.87. The molecule has 1 saturated carbocycles. The molecule has 2 rings (SSSR count). The van der Waals surface area contributed by atoms with E-state index < -0.39 is 5.97 Å². The number of ether oxygens (including phenoxy) is 1. The maximum atomic E-state index is 11.9. The van der Waals surface area contributed by atoms with Crippen LogP contribution in [0.4, 0.5) is 0 Å². The van der Waals surface area contributed by atoms with Crippen LogP contribution >= 0.6 is 0 Å². The van der Waals surface area contributed by atoms with Crippen molar-refractivity contribution in [3.8, 4) is 5.75 Å². The monoisotopic (exact) mass is 275 g/mol. The van der Waals surface area contributed by atoms with E-state index in [1.165, 1.54) is 6.42 Å². The normalized spacial score (nSPS) is 15.7. The van der Waals surface area contributed by atoms with Gasteiger partial charge in [-0.25, -0.2) is 4.79 Å². The standard InChI is InChI=1S/C16H21NO3/c1-12-6-5-9-14(10-12)20-15(18)11-17-16(19)13-7-3-2-4-8-13/h5-6,9-10,13H,2-4,7-8,11H2,1H3,(H,17,19). The first-order chi connectivity index (χ1) is 9.65. The Balaban J connectivity index is 1.75. The van der Waals surface area contributed by atoms with E-state index in [2.05, 4.69) is 5.32 Å². The van der Waals surface area contributed by atoms with Crippen molar-refractivity contribution in [3.63, 3.8) is 0 Å². The highest BCUT2D eigenvalue weighted by Crippen LogP contribution is 2.23. The van der Waals surface area contributed by atoms with Crippen LogP contribution in [0.2, 0.25) is 0 Å². The molecule has 0 aliphatic heterocycles. The van der Waals surface area contributed by atoms with E-state index in [0.717, 1.165) is 31.2 Å². The minimum atomic E-state index is -0.431. The van der Waals surface area contributed by atoms with Crippen LogP contribution in [0.15, 0.2) is 24.3 Å². The number of carbonyl (C=O) groups excluding carboxylic acids is 2. The first kappa shape index (κ1) is 14.6. The second-order valence-electron chi connectivity index (χ2n) is 5.34. The maximum Gasteiger partial charge on any atom is 0.330 e. The van der Waals surface area contributed by atoms with E-state index in [-0.39, 0.29) is 18.4 Å². The van der Waals surface area contributed by atoms with Crippen molar-refractivity contribution in [2.45, 2.75) is 39.0 Å². The number of esters is 1. The van der Waals surface area contributed by atoms with E-state index in [9.17, 15) is 9.59 Å². The SMILES string of the molecule is Cc1cccc(OC(=O)CNC(=O)C2CCCCC2)c1. The van der Waals surface area contributed by atoms with Crippen molar-refractivity contribution >= 4 is 11.9 Å². The average Bonchev–Trinajstić information content (AvgIpc) is 2.46. The summed E-state index contributed by atoms with van der Waals surface area (Å²) in [7, 11) is 0. The molecule has 0 spiro atoms. The molecule has 1 aliphatic rings. The molecular weight excluding hydrogens is 254 g/mol. The van der Waals surface area contributed by atoms with Crippen LogP contribution in [-0.4, -0.2) is 18.4 Å². The van der Waals surface area contributed by atoms with Crippen molar-refractivity contribution in [2.75, 3.05) is 6.54 Å². The van der Waals surface area contributed by atoms with Gasteiger partial charge in [0.25, 0.3) is 0 Å². The van der Waals surface area contributed by atoms with Crippen molar-refractivity contribution in [3.05, 3.63) is 29.8 Å². The Morgan fingerprint density at radius 3 is 2.70 bits per heavy atom. The van der Waals surface area contributed by atoms with Gasteiger partial charge in [-0.2, -0.15) is 0 Å². The predicted molar refractivity (Wildman–Crippen MR) is 76.4 cm³/mol. The Bertz CT molecular complexity index is 478. The van der Waals surface area contributed by atoms with E-state index >= 15 is 0 Å². The molecule has 4 heteroatoms. The second-order valence-corrected chi connectivity index (χ2v) is 5.34. The highest BCUT2D eigenvalue weighted by atomic mass is 16.5. The van der Waals surface area contributed by atoms with E-state index in [1.54, 1.807) is 12.1 Å². The van der Waals surface area contributed by atoms with Gasteiger partial charge in [0, 0.05) is 5.92 Å². The van der Waals surface area contributed by atoms with Gasteiger partial charge in [0.1, 0.15) is 12.3 Å². The largest absolute Gasteiger partial charge is 0.425 e. The van der Waals surface area contributed by atoms with Crippen LogP contribution in [0.3, 0.4) is 0 Å². The molecule has 0 saturated heterocycles. The van der Waals surface area contributed by atoms with Gasteiger partial charge in [-0.15, -0.1) is 0 Å². The number of aryl methyl sites for hydroxylation is 1. The number of amides is 1. The van der Waals surface area contributed by atoms with E-state index in [1.807, 2.05) is 19.1 Å². The molecule has 20 heavy (non-hydrogen) atoms. The first-order valence-electron chi connectivity index (χ1n) is 7.20. The molecule has 0 unspecified atom stereocenters. The number of carbonyl (C=O) groups is 2. The number of hydrogen-bond donors (Lipinski definition) is 1. The van der Waals surface area contributed by atoms with Gasteiger partial charge < -0.3 is 10.1 Å². The zero-order valence-corrected chi connectivity index (χ0v) is 11.9. The Hall–Kier alpha value is -1.84. The fraction of sp³-hybridized carbons (Fsp3) is 0.500. The van der Waals surface area contributed by atoms with Crippen LogP contribution < -0.4 is 10.1 Å². The summed E-state index contributed by atoms with van der Waals surface area (Å²) in [5.41, 5.74) is 1.03. The fourth-order valence-electron chi connectivity index (χ4n) is 2.51. The molecule has 1 N–H and O–H groups in total. The Labute approximate surface area is 119 Å². The van der Waals surface area contributed by atoms with Gasteiger partial charge in [-0.05, 0) is 37.5 Å². The van der Waals surface area contributed by atoms with Gasteiger partial charge in [0.2, 0.25) is 5.91 Å². The van der Waals surface area contributed by atoms with Gasteiger partial charge >= 0.3 is 5.97 Å². The molecule has 1 amide bonds. The lowest BCUT2D eigenvalue weighted by Crippen LogP contribution is -2.36. The fourth-order valence-corrected chi connectivity index (χ4v) is 2.51. The lowest BCUT2D eigenvalue weighted by molar-refractivity contribution is -0.136. The molecule has 1 aliphatic carbocycles. The Morgan fingerprint density at radius 2 is 2.00 bits per heavy atom. The Kier molecular flexibility index (Phi) is 5.16. The maximum absolute atomic E-state index is 11.9. The number of nitrogens with one attached hydrogen (secondary N) is 1. The van der Waals surface area contributed by atoms with Crippen molar-refractivity contribution in [1.82, 2.24) is 5.32 Å². The molecule has 1 fully saturated rings. The zero-order valence-electron chi connectivity index (χ0n) is 11.9. The second kappa shape index (κ2) is 7.08. The molecule has 1 aromatic rings. The van der Waals surface area contributed by atoms with Crippen LogP contribution in [0, 0.1) is 12.8 Å². The quantitative estimate of drug-likeness (QED) is 0.679. The lowest BCUT2D eigenvalue weighted by atomic mass is 9.89. The molecule has 0 atom stereocenters. The predicted octanol–water partition coefficient (Wildman–Crippen LogP) is 2.60. The molecule has 1 aromatic carbocycles. The molecule has 4 nitrogen and oxygen atoms in total. The van der Waals surface area contributed by atoms with Crippen molar-refractivity contribution in [1.29, 1.82) is 0 Å². The highest BCUT2D eigenvalue weighted by molar-refractivity contribution is 5.84. The van der Waals surface area contributed by atoms with Crippen LogP contribution in [0.1, 0.15) is 37.7 Å². The van der Waals surface area contributed by atoms with E-state index in [4.69, 9.17) is 4.74 Å². The minimum Gasteiger partial charge on any atom is -0.425 e. The van der Waals surface area contributed by atoms with Crippen LogP contribution in [0.5, 0.6) is 5.75 Å². The Morgan fingerprint density at radius 1 is 1.25 bits per heavy atom. The molecule has 108 valence electrons. The van der Waals surface area contributed by atoms with Gasteiger partial charge in [0.15, 0.2) is 0 Å². The smallest absolute Gasteiger partial charge is 0.330 e. The number of benzene rings is 1. The summed E-state index contributed by atoms with van der Waals surface area (Å²) >= 11 is 0. The zero-order chi connectivity index (χ0) is 14.4. The summed E-state index contributed by atoms with van der Waals surface area (Å²) in [5, 5.41) is 2.67. The molecule has 0 aromatic heterocycles. The molecule has 0 heterocycles. The summed E-state index contributed by atoms with van der Waals surface area (Å²) in [6.07, 6.45) is 5.27. The third-order valence-electron chi connectivity index (χ3n) is 3.60. The van der Waals surface area contributed by atoms with Crippen molar-refractivity contribution < 1.29 is 14.3 Å². The molecule has 0 bridgehead atoms. The first-order valence-corrected chi connectivity index (χ1v) is 7.20. The average molecular weight is 275 g/mol. The minimum absolute atomic E-state index is 0.0223. The highest BCUT2D eigenvalue weighted by Gasteiger charge is 2.21. The summed E-state index contributed by atoms with van der Waals surface area (Å²) in [5.74, 6) is 0.128. The van der Waals surface area contributed by atoms with Crippen LogP contribution in [-0.2, 0) is 9.59 Å². The van der Waals surface area contributed by atoms with E-state index in [0.29, 0.717) is 5.75 Å². The summed E-state index contributed by atoms with van der Waals surface area (Å²) in [6, 6.07) is 7.29. The van der Waals surface area contributed by atoms with Gasteiger partial charge in [-0.1, -0.05) is 31.4 Å².